The Morgan fingerprint density at radius 3 is 2.81 bits per heavy atom. The number of carbonyl (C=O) groups excluding carboxylic acids is 2. The van der Waals surface area contributed by atoms with Crippen molar-refractivity contribution in [1.29, 1.82) is 0 Å². The van der Waals surface area contributed by atoms with Crippen LogP contribution < -0.4 is 10.6 Å². The first-order chi connectivity index (χ1) is 13.0. The Kier molecular flexibility index (Phi) is 6.39. The highest BCUT2D eigenvalue weighted by Crippen LogP contribution is 2.40. The molecule has 0 fully saturated rings. The average Bonchev–Trinajstić information content (AvgIpc) is 2.98. The number of rotatable bonds is 5. The van der Waals surface area contributed by atoms with E-state index in [9.17, 15) is 9.59 Å². The first-order valence-electron chi connectivity index (χ1n) is 9.17. The molecule has 1 atom stereocenters. The van der Waals surface area contributed by atoms with Gasteiger partial charge in [0.2, 0.25) is 0 Å². The zero-order chi connectivity index (χ0) is 19.4. The molecule has 7 heteroatoms. The number of fused-ring (bicyclic) bond motifs is 1. The van der Waals surface area contributed by atoms with Gasteiger partial charge < -0.3 is 10.1 Å². The number of hydrogen-bond donors (Lipinski definition) is 2. The van der Waals surface area contributed by atoms with Crippen LogP contribution in [0.1, 0.15) is 47.5 Å². The quantitative estimate of drug-likeness (QED) is 0.622. The Hall–Kier alpha value is -2.05. The lowest BCUT2D eigenvalue weighted by Gasteiger charge is -2.20. The number of urea groups is 1. The van der Waals surface area contributed by atoms with Gasteiger partial charge in [0.05, 0.1) is 12.2 Å². The topological polar surface area (TPSA) is 67.4 Å². The molecule has 3 rings (SSSR count). The highest BCUT2D eigenvalue weighted by atomic mass is 35.5. The van der Waals surface area contributed by atoms with Crippen molar-refractivity contribution in [3.05, 3.63) is 45.3 Å². The van der Waals surface area contributed by atoms with Gasteiger partial charge in [-0.2, -0.15) is 0 Å². The van der Waals surface area contributed by atoms with Crippen LogP contribution in [0.15, 0.2) is 24.3 Å². The van der Waals surface area contributed by atoms with E-state index < -0.39 is 6.03 Å². The third kappa shape index (κ3) is 4.62. The summed E-state index contributed by atoms with van der Waals surface area (Å²) in [6.07, 6.45) is 3.96. The monoisotopic (exact) mass is 406 g/mol. The number of benzene rings is 1. The molecule has 2 aromatic rings. The predicted molar refractivity (Wildman–Crippen MR) is 110 cm³/mol. The number of thiophene rings is 1. The van der Waals surface area contributed by atoms with Crippen LogP contribution in [0, 0.1) is 5.92 Å². The van der Waals surface area contributed by atoms with Gasteiger partial charge in [-0.05, 0) is 55.9 Å². The summed E-state index contributed by atoms with van der Waals surface area (Å²) in [6, 6.07) is 6.51. The first-order valence-corrected chi connectivity index (χ1v) is 10.4. The maximum absolute atomic E-state index is 12.5. The number of nitrogens with one attached hydrogen (secondary N) is 2. The Bertz CT molecular complexity index is 850. The Balaban J connectivity index is 1.84. The summed E-state index contributed by atoms with van der Waals surface area (Å²) in [5.74, 6) is 0.252. The van der Waals surface area contributed by atoms with E-state index in [0.717, 1.165) is 31.2 Å². The summed E-state index contributed by atoms with van der Waals surface area (Å²) in [4.78, 5) is 26.2. The molecule has 2 amide bonds. The summed E-state index contributed by atoms with van der Waals surface area (Å²) >= 11 is 7.43. The fourth-order valence-electron chi connectivity index (χ4n) is 3.34. The van der Waals surface area contributed by atoms with Crippen molar-refractivity contribution in [2.24, 2.45) is 5.92 Å². The molecule has 1 aliphatic rings. The van der Waals surface area contributed by atoms with Gasteiger partial charge in [0.15, 0.2) is 0 Å². The summed E-state index contributed by atoms with van der Waals surface area (Å²) < 4.78 is 5.24. The SMILES string of the molecule is CCOC(=O)c1c(NC(=O)Nc2cccc(Cl)c2)sc2c1CC[C@H](CC)C2. The van der Waals surface area contributed by atoms with Crippen molar-refractivity contribution in [2.45, 2.75) is 39.5 Å². The minimum Gasteiger partial charge on any atom is -0.462 e. The molecule has 0 saturated carbocycles. The molecule has 0 unspecified atom stereocenters. The van der Waals surface area contributed by atoms with Crippen molar-refractivity contribution >= 4 is 45.6 Å². The molecule has 0 aliphatic heterocycles. The van der Waals surface area contributed by atoms with Crippen LogP contribution in [0.4, 0.5) is 15.5 Å². The van der Waals surface area contributed by atoms with Crippen LogP contribution in [-0.2, 0) is 17.6 Å². The number of amides is 2. The largest absolute Gasteiger partial charge is 0.462 e. The molecular formula is C20H23ClN2O3S. The molecule has 27 heavy (non-hydrogen) atoms. The average molecular weight is 407 g/mol. The summed E-state index contributed by atoms with van der Waals surface area (Å²) in [5.41, 5.74) is 2.12. The van der Waals surface area contributed by atoms with Crippen LogP contribution in [0.25, 0.3) is 0 Å². The van der Waals surface area contributed by atoms with E-state index in [2.05, 4.69) is 17.6 Å². The molecule has 0 spiro atoms. The molecule has 0 radical (unpaired) electrons. The molecule has 144 valence electrons. The number of carbonyl (C=O) groups is 2. The molecule has 0 bridgehead atoms. The fraction of sp³-hybridized carbons (Fsp3) is 0.400. The first kappa shape index (κ1) is 19.7. The highest BCUT2D eigenvalue weighted by Gasteiger charge is 2.29. The lowest BCUT2D eigenvalue weighted by molar-refractivity contribution is 0.0526. The van der Waals surface area contributed by atoms with Gasteiger partial charge in [-0.1, -0.05) is 31.0 Å². The van der Waals surface area contributed by atoms with Crippen molar-refractivity contribution in [3.63, 3.8) is 0 Å². The third-order valence-electron chi connectivity index (χ3n) is 4.73. The number of esters is 1. The van der Waals surface area contributed by atoms with Gasteiger partial charge in [0, 0.05) is 15.6 Å². The van der Waals surface area contributed by atoms with Crippen LogP contribution in [-0.4, -0.2) is 18.6 Å². The van der Waals surface area contributed by atoms with Crippen LogP contribution >= 0.6 is 22.9 Å². The Morgan fingerprint density at radius 1 is 1.30 bits per heavy atom. The van der Waals surface area contributed by atoms with Crippen LogP contribution in [0.3, 0.4) is 0 Å². The van der Waals surface area contributed by atoms with E-state index in [0.29, 0.717) is 33.8 Å². The normalized spacial score (nSPS) is 15.7. The highest BCUT2D eigenvalue weighted by molar-refractivity contribution is 7.17. The second-order valence-corrected chi connectivity index (χ2v) is 8.08. The smallest absolute Gasteiger partial charge is 0.341 e. The lowest BCUT2D eigenvalue weighted by Crippen LogP contribution is -2.21. The van der Waals surface area contributed by atoms with Crippen molar-refractivity contribution in [3.8, 4) is 0 Å². The predicted octanol–water partition coefficient (Wildman–Crippen LogP) is 5.74. The number of hydrogen-bond acceptors (Lipinski definition) is 4. The van der Waals surface area contributed by atoms with E-state index in [1.165, 1.54) is 16.2 Å². The second-order valence-electron chi connectivity index (χ2n) is 6.53. The maximum atomic E-state index is 12.5. The molecule has 1 heterocycles. The molecule has 1 aromatic carbocycles. The van der Waals surface area contributed by atoms with E-state index in [-0.39, 0.29) is 5.97 Å². The molecule has 1 aliphatic carbocycles. The fourth-order valence-corrected chi connectivity index (χ4v) is 4.88. The van der Waals surface area contributed by atoms with E-state index in [4.69, 9.17) is 16.3 Å². The van der Waals surface area contributed by atoms with Gasteiger partial charge in [0.1, 0.15) is 5.00 Å². The molecule has 5 nitrogen and oxygen atoms in total. The van der Waals surface area contributed by atoms with Gasteiger partial charge in [-0.15, -0.1) is 11.3 Å². The van der Waals surface area contributed by atoms with Crippen molar-refractivity contribution in [1.82, 2.24) is 0 Å². The summed E-state index contributed by atoms with van der Waals surface area (Å²) in [7, 11) is 0. The minimum absolute atomic E-state index is 0.301. The number of anilines is 2. The summed E-state index contributed by atoms with van der Waals surface area (Å²) in [6.45, 7) is 4.27. The van der Waals surface area contributed by atoms with E-state index in [1.54, 1.807) is 31.2 Å². The Morgan fingerprint density at radius 2 is 2.11 bits per heavy atom. The van der Waals surface area contributed by atoms with Gasteiger partial charge in [0.25, 0.3) is 0 Å². The molecule has 1 aromatic heterocycles. The Labute approximate surface area is 168 Å². The van der Waals surface area contributed by atoms with Crippen molar-refractivity contribution < 1.29 is 14.3 Å². The second kappa shape index (κ2) is 8.76. The van der Waals surface area contributed by atoms with Gasteiger partial charge in [-0.25, -0.2) is 9.59 Å². The third-order valence-corrected chi connectivity index (χ3v) is 6.14. The number of halogens is 1. The molecule has 0 saturated heterocycles. The van der Waals surface area contributed by atoms with Crippen molar-refractivity contribution in [2.75, 3.05) is 17.2 Å². The van der Waals surface area contributed by atoms with E-state index in [1.807, 2.05) is 0 Å². The summed E-state index contributed by atoms with van der Waals surface area (Å²) in [5, 5.41) is 6.67. The maximum Gasteiger partial charge on any atom is 0.341 e. The van der Waals surface area contributed by atoms with Crippen LogP contribution in [0.5, 0.6) is 0 Å². The minimum atomic E-state index is -0.409. The molecular weight excluding hydrogens is 384 g/mol. The standard InChI is InChI=1S/C20H23ClN2O3S/c1-3-12-8-9-15-16(10-12)27-18(17(15)19(24)26-4-2)23-20(25)22-14-7-5-6-13(21)11-14/h5-7,11-12H,3-4,8-10H2,1-2H3,(H2,22,23,25)/t12-/m0/s1. The molecule has 2 N–H and O–H groups in total. The van der Waals surface area contributed by atoms with Crippen LogP contribution in [0.2, 0.25) is 5.02 Å². The zero-order valence-electron chi connectivity index (χ0n) is 15.4. The number of ether oxygens (including phenoxy) is 1. The van der Waals surface area contributed by atoms with Gasteiger partial charge in [-0.3, -0.25) is 5.32 Å². The zero-order valence-corrected chi connectivity index (χ0v) is 17.0. The lowest BCUT2D eigenvalue weighted by atomic mass is 9.86. The van der Waals surface area contributed by atoms with Gasteiger partial charge >= 0.3 is 12.0 Å². The van der Waals surface area contributed by atoms with E-state index >= 15 is 0 Å².